The molecule has 1 amide bonds. The third-order valence-corrected chi connectivity index (χ3v) is 3.42. The Hall–Kier alpha value is -2.14. The van der Waals surface area contributed by atoms with Crippen molar-refractivity contribution < 1.29 is 4.79 Å². The van der Waals surface area contributed by atoms with Gasteiger partial charge in [-0.1, -0.05) is 30.3 Å². The van der Waals surface area contributed by atoms with E-state index in [4.69, 9.17) is 0 Å². The molecule has 1 atom stereocenters. The van der Waals surface area contributed by atoms with Crippen LogP contribution < -0.4 is 5.32 Å². The van der Waals surface area contributed by atoms with Crippen LogP contribution in [0.4, 0.5) is 0 Å². The van der Waals surface area contributed by atoms with Gasteiger partial charge in [0.25, 0.3) is 5.91 Å². The second kappa shape index (κ2) is 7.04. The van der Waals surface area contributed by atoms with E-state index in [0.717, 1.165) is 24.2 Å². The van der Waals surface area contributed by atoms with Gasteiger partial charge in [0.1, 0.15) is 5.69 Å². The lowest BCUT2D eigenvalue weighted by atomic mass is 10.0. The van der Waals surface area contributed by atoms with E-state index in [9.17, 15) is 4.79 Å². The summed E-state index contributed by atoms with van der Waals surface area (Å²) in [6.45, 7) is 2.75. The van der Waals surface area contributed by atoms with Crippen molar-refractivity contribution in [3.8, 4) is 0 Å². The fourth-order valence-corrected chi connectivity index (χ4v) is 2.21. The average molecular weight is 286 g/mol. The highest BCUT2D eigenvalue weighted by Crippen LogP contribution is 2.17. The SMILES string of the molecule is Cc1[nH]cnc1C(=O)NC(CCN(C)C)c1ccccc1. The van der Waals surface area contributed by atoms with Crippen molar-refractivity contribution >= 4 is 5.91 Å². The van der Waals surface area contributed by atoms with Gasteiger partial charge in [0.2, 0.25) is 0 Å². The van der Waals surface area contributed by atoms with Crippen LogP contribution >= 0.6 is 0 Å². The van der Waals surface area contributed by atoms with E-state index in [2.05, 4.69) is 20.2 Å². The molecule has 21 heavy (non-hydrogen) atoms. The molecule has 0 bridgehead atoms. The highest BCUT2D eigenvalue weighted by Gasteiger charge is 2.18. The van der Waals surface area contributed by atoms with Gasteiger partial charge in [0, 0.05) is 5.69 Å². The summed E-state index contributed by atoms with van der Waals surface area (Å²) >= 11 is 0. The molecule has 5 nitrogen and oxygen atoms in total. The molecule has 0 aliphatic heterocycles. The summed E-state index contributed by atoms with van der Waals surface area (Å²) in [5.41, 5.74) is 2.36. The highest BCUT2D eigenvalue weighted by molar-refractivity contribution is 5.93. The summed E-state index contributed by atoms with van der Waals surface area (Å²) < 4.78 is 0. The van der Waals surface area contributed by atoms with E-state index in [1.807, 2.05) is 51.4 Å². The predicted octanol–water partition coefficient (Wildman–Crippen LogP) is 2.14. The molecule has 0 radical (unpaired) electrons. The number of hydrogen-bond donors (Lipinski definition) is 2. The minimum absolute atomic E-state index is 0.0165. The maximum atomic E-state index is 12.3. The highest BCUT2D eigenvalue weighted by atomic mass is 16.2. The summed E-state index contributed by atoms with van der Waals surface area (Å²) in [6.07, 6.45) is 2.40. The minimum Gasteiger partial charge on any atom is -0.348 e. The summed E-state index contributed by atoms with van der Waals surface area (Å²) in [4.78, 5) is 21.5. The zero-order valence-electron chi connectivity index (χ0n) is 12.8. The smallest absolute Gasteiger partial charge is 0.272 e. The third-order valence-electron chi connectivity index (χ3n) is 3.42. The van der Waals surface area contributed by atoms with Gasteiger partial charge < -0.3 is 15.2 Å². The fraction of sp³-hybridized carbons (Fsp3) is 0.375. The predicted molar refractivity (Wildman–Crippen MR) is 83.1 cm³/mol. The second-order valence-electron chi connectivity index (χ2n) is 5.40. The quantitative estimate of drug-likeness (QED) is 0.855. The lowest BCUT2D eigenvalue weighted by molar-refractivity contribution is 0.0927. The number of benzene rings is 1. The first-order chi connectivity index (χ1) is 10.1. The van der Waals surface area contributed by atoms with Crippen molar-refractivity contribution in [2.24, 2.45) is 0 Å². The lowest BCUT2D eigenvalue weighted by Gasteiger charge is -2.21. The Kier molecular flexibility index (Phi) is 5.11. The number of rotatable bonds is 6. The van der Waals surface area contributed by atoms with Crippen LogP contribution in [0.2, 0.25) is 0 Å². The van der Waals surface area contributed by atoms with Crippen molar-refractivity contribution in [2.45, 2.75) is 19.4 Å². The Balaban J connectivity index is 2.12. The molecule has 0 aliphatic rings. The number of hydrogen-bond acceptors (Lipinski definition) is 3. The Morgan fingerprint density at radius 2 is 2.05 bits per heavy atom. The second-order valence-corrected chi connectivity index (χ2v) is 5.40. The number of H-pyrrole nitrogens is 1. The van der Waals surface area contributed by atoms with E-state index >= 15 is 0 Å². The Morgan fingerprint density at radius 1 is 1.33 bits per heavy atom. The summed E-state index contributed by atoms with van der Waals surface area (Å²) in [6, 6.07) is 10.0. The van der Waals surface area contributed by atoms with E-state index in [-0.39, 0.29) is 11.9 Å². The first kappa shape index (κ1) is 15.3. The molecule has 2 N–H and O–H groups in total. The summed E-state index contributed by atoms with van der Waals surface area (Å²) in [5.74, 6) is -0.138. The number of nitrogens with one attached hydrogen (secondary N) is 2. The third kappa shape index (κ3) is 4.16. The molecule has 0 aliphatic carbocycles. The van der Waals surface area contributed by atoms with Crippen LogP contribution in [0.3, 0.4) is 0 Å². The molecule has 1 heterocycles. The molecule has 112 valence electrons. The van der Waals surface area contributed by atoms with Crippen LogP contribution in [0, 0.1) is 6.92 Å². The monoisotopic (exact) mass is 286 g/mol. The summed E-state index contributed by atoms with van der Waals surface area (Å²) in [5, 5.41) is 3.08. The molecule has 1 aromatic heterocycles. The maximum absolute atomic E-state index is 12.3. The minimum atomic E-state index is -0.138. The van der Waals surface area contributed by atoms with Crippen LogP contribution in [-0.2, 0) is 0 Å². The summed E-state index contributed by atoms with van der Waals surface area (Å²) in [7, 11) is 4.06. The average Bonchev–Trinajstić information content (AvgIpc) is 2.90. The number of nitrogens with zero attached hydrogens (tertiary/aromatic N) is 2. The van der Waals surface area contributed by atoms with E-state index in [1.54, 1.807) is 6.33 Å². The largest absolute Gasteiger partial charge is 0.348 e. The van der Waals surface area contributed by atoms with Crippen LogP contribution in [0.1, 0.15) is 34.2 Å². The number of aryl methyl sites for hydroxylation is 1. The van der Waals surface area contributed by atoms with Crippen molar-refractivity contribution in [3.63, 3.8) is 0 Å². The molecule has 0 fully saturated rings. The van der Waals surface area contributed by atoms with Gasteiger partial charge in [-0.3, -0.25) is 4.79 Å². The number of amides is 1. The standard InChI is InChI=1S/C16H22N4O/c1-12-15(18-11-17-12)16(21)19-14(9-10-20(2)3)13-7-5-4-6-8-13/h4-8,11,14H,9-10H2,1-3H3,(H,17,18)(H,19,21). The van der Waals surface area contributed by atoms with Crippen molar-refractivity contribution in [2.75, 3.05) is 20.6 Å². The fourth-order valence-electron chi connectivity index (χ4n) is 2.21. The molecule has 2 rings (SSSR count). The number of aromatic nitrogens is 2. The molecule has 5 heteroatoms. The Bertz CT molecular complexity index is 577. The zero-order chi connectivity index (χ0) is 15.2. The molecule has 2 aromatic rings. The van der Waals surface area contributed by atoms with E-state index < -0.39 is 0 Å². The van der Waals surface area contributed by atoms with Crippen LogP contribution in [-0.4, -0.2) is 41.4 Å². The van der Waals surface area contributed by atoms with Crippen LogP contribution in [0.25, 0.3) is 0 Å². The first-order valence-electron chi connectivity index (χ1n) is 7.08. The van der Waals surface area contributed by atoms with E-state index in [1.165, 1.54) is 0 Å². The molecule has 1 aromatic carbocycles. The topological polar surface area (TPSA) is 61.0 Å². The van der Waals surface area contributed by atoms with Crippen molar-refractivity contribution in [1.82, 2.24) is 20.2 Å². The normalized spacial score (nSPS) is 12.4. The van der Waals surface area contributed by atoms with Gasteiger partial charge in [-0.15, -0.1) is 0 Å². The van der Waals surface area contributed by atoms with Gasteiger partial charge in [0.05, 0.1) is 12.4 Å². The maximum Gasteiger partial charge on any atom is 0.272 e. The first-order valence-corrected chi connectivity index (χ1v) is 7.08. The molecular weight excluding hydrogens is 264 g/mol. The van der Waals surface area contributed by atoms with Crippen LogP contribution in [0.15, 0.2) is 36.7 Å². The molecule has 0 saturated carbocycles. The number of imidazole rings is 1. The lowest BCUT2D eigenvalue weighted by Crippen LogP contribution is -2.31. The van der Waals surface area contributed by atoms with Crippen molar-refractivity contribution in [3.05, 3.63) is 53.6 Å². The van der Waals surface area contributed by atoms with Gasteiger partial charge >= 0.3 is 0 Å². The van der Waals surface area contributed by atoms with Gasteiger partial charge in [-0.05, 0) is 39.5 Å². The molecular formula is C16H22N4O. The van der Waals surface area contributed by atoms with Crippen LogP contribution in [0.5, 0.6) is 0 Å². The number of aromatic amines is 1. The molecule has 0 saturated heterocycles. The number of carbonyl (C=O) groups is 1. The van der Waals surface area contributed by atoms with Crippen molar-refractivity contribution in [1.29, 1.82) is 0 Å². The molecule has 0 spiro atoms. The van der Waals surface area contributed by atoms with Gasteiger partial charge in [0.15, 0.2) is 0 Å². The van der Waals surface area contributed by atoms with E-state index in [0.29, 0.717) is 5.69 Å². The Labute approximate surface area is 125 Å². The van der Waals surface area contributed by atoms with Gasteiger partial charge in [-0.25, -0.2) is 4.98 Å². The number of carbonyl (C=O) groups excluding carboxylic acids is 1. The molecule has 1 unspecified atom stereocenters. The Morgan fingerprint density at radius 3 is 2.62 bits per heavy atom. The van der Waals surface area contributed by atoms with Gasteiger partial charge in [-0.2, -0.15) is 0 Å². The zero-order valence-corrected chi connectivity index (χ0v) is 12.8.